The minimum absolute atomic E-state index is 0.114. The van der Waals surface area contributed by atoms with E-state index in [-0.39, 0.29) is 18.9 Å². The number of hydrogen-bond donors (Lipinski definition) is 1. The Morgan fingerprint density at radius 1 is 1.27 bits per heavy atom. The molecule has 6 nitrogen and oxygen atoms in total. The monoisotopic (exact) mass is 415 g/mol. The Bertz CT molecular complexity index is 924. The molecule has 3 rings (SSSR count). The molecule has 0 unspecified atom stereocenters. The summed E-state index contributed by atoms with van der Waals surface area (Å²) in [4.78, 5) is 16.4. The molecule has 0 aliphatic rings. The van der Waals surface area contributed by atoms with E-state index in [0.717, 1.165) is 26.9 Å². The molecule has 0 saturated heterocycles. The molecule has 3 aromatic rings. The van der Waals surface area contributed by atoms with E-state index in [1.165, 1.54) is 0 Å². The van der Waals surface area contributed by atoms with Crippen LogP contribution in [0.25, 0.3) is 11.4 Å². The standard InChI is InChI=1S/C19H18BrN3O3/c1-12-8-13(6-7-16(12)25-2)9-17(24)21-11-18-22-19(23-26-18)14-4-3-5-15(20)10-14/h3-8,10H,9,11H2,1-2H3,(H,21,24). The van der Waals surface area contributed by atoms with Gasteiger partial charge in [0.1, 0.15) is 5.75 Å². The minimum Gasteiger partial charge on any atom is -0.496 e. The molecule has 0 aliphatic heterocycles. The van der Waals surface area contributed by atoms with Gasteiger partial charge in [0.15, 0.2) is 0 Å². The minimum atomic E-state index is -0.114. The average Bonchev–Trinajstić information content (AvgIpc) is 3.09. The zero-order valence-corrected chi connectivity index (χ0v) is 16.0. The number of methoxy groups -OCH3 is 1. The Hall–Kier alpha value is -2.67. The van der Waals surface area contributed by atoms with Gasteiger partial charge < -0.3 is 14.6 Å². The summed E-state index contributed by atoms with van der Waals surface area (Å²) in [6.07, 6.45) is 0.275. The number of amides is 1. The zero-order chi connectivity index (χ0) is 18.5. The Labute approximate surface area is 159 Å². The van der Waals surface area contributed by atoms with Gasteiger partial charge in [-0.05, 0) is 36.2 Å². The van der Waals surface area contributed by atoms with Crippen molar-refractivity contribution < 1.29 is 14.1 Å². The van der Waals surface area contributed by atoms with E-state index < -0.39 is 0 Å². The highest BCUT2D eigenvalue weighted by Gasteiger charge is 2.11. The van der Waals surface area contributed by atoms with Gasteiger partial charge in [-0.25, -0.2) is 0 Å². The van der Waals surface area contributed by atoms with E-state index in [4.69, 9.17) is 9.26 Å². The fraction of sp³-hybridized carbons (Fsp3) is 0.211. The molecule has 0 fully saturated rings. The highest BCUT2D eigenvalue weighted by molar-refractivity contribution is 9.10. The van der Waals surface area contributed by atoms with Gasteiger partial charge in [0.05, 0.1) is 20.1 Å². The van der Waals surface area contributed by atoms with Crippen molar-refractivity contribution in [3.05, 3.63) is 64.0 Å². The van der Waals surface area contributed by atoms with Gasteiger partial charge >= 0.3 is 0 Å². The number of hydrogen-bond acceptors (Lipinski definition) is 5. The first-order valence-electron chi connectivity index (χ1n) is 8.04. The van der Waals surface area contributed by atoms with E-state index in [9.17, 15) is 4.79 Å². The summed E-state index contributed by atoms with van der Waals surface area (Å²) in [5.41, 5.74) is 2.75. The Kier molecular flexibility index (Phi) is 5.68. The first kappa shape index (κ1) is 18.1. The lowest BCUT2D eigenvalue weighted by Crippen LogP contribution is -2.24. The number of rotatable bonds is 6. The summed E-state index contributed by atoms with van der Waals surface area (Å²) < 4.78 is 11.4. The molecule has 134 valence electrons. The van der Waals surface area contributed by atoms with Crippen LogP contribution in [0.3, 0.4) is 0 Å². The van der Waals surface area contributed by atoms with Crippen molar-refractivity contribution in [1.82, 2.24) is 15.5 Å². The van der Waals surface area contributed by atoms with E-state index >= 15 is 0 Å². The van der Waals surface area contributed by atoms with Crippen molar-refractivity contribution in [2.75, 3.05) is 7.11 Å². The maximum atomic E-state index is 12.1. The molecular weight excluding hydrogens is 398 g/mol. The molecule has 0 aliphatic carbocycles. The lowest BCUT2D eigenvalue weighted by Gasteiger charge is -2.07. The summed E-state index contributed by atoms with van der Waals surface area (Å²) in [5.74, 6) is 1.54. The third-order valence-electron chi connectivity index (χ3n) is 3.81. The maximum absolute atomic E-state index is 12.1. The van der Waals surface area contributed by atoms with Crippen molar-refractivity contribution in [3.63, 3.8) is 0 Å². The van der Waals surface area contributed by atoms with Crippen molar-refractivity contribution in [2.24, 2.45) is 0 Å². The number of carbonyl (C=O) groups excluding carboxylic acids is 1. The molecular formula is C19H18BrN3O3. The van der Waals surface area contributed by atoms with Crippen molar-refractivity contribution >= 4 is 21.8 Å². The van der Waals surface area contributed by atoms with Crippen LogP contribution in [0.15, 0.2) is 51.5 Å². The second-order valence-electron chi connectivity index (χ2n) is 5.78. The molecule has 0 saturated carbocycles. The molecule has 1 amide bonds. The number of halogens is 1. The Balaban J connectivity index is 1.57. The second-order valence-corrected chi connectivity index (χ2v) is 6.70. The second kappa shape index (κ2) is 8.14. The molecule has 2 aromatic carbocycles. The van der Waals surface area contributed by atoms with Crippen LogP contribution in [0.2, 0.25) is 0 Å². The molecule has 26 heavy (non-hydrogen) atoms. The first-order valence-corrected chi connectivity index (χ1v) is 8.83. The molecule has 0 radical (unpaired) electrons. The fourth-order valence-electron chi connectivity index (χ4n) is 2.54. The largest absolute Gasteiger partial charge is 0.496 e. The van der Waals surface area contributed by atoms with Crippen LogP contribution >= 0.6 is 15.9 Å². The summed E-state index contributed by atoms with van der Waals surface area (Å²) >= 11 is 3.41. The summed E-state index contributed by atoms with van der Waals surface area (Å²) in [7, 11) is 1.63. The van der Waals surface area contributed by atoms with E-state index in [2.05, 4.69) is 31.4 Å². The number of nitrogens with one attached hydrogen (secondary N) is 1. The number of benzene rings is 2. The van der Waals surface area contributed by atoms with Crippen LogP contribution in [0.4, 0.5) is 0 Å². The summed E-state index contributed by atoms with van der Waals surface area (Å²) in [5, 5.41) is 6.74. The maximum Gasteiger partial charge on any atom is 0.246 e. The molecule has 0 bridgehead atoms. The van der Waals surface area contributed by atoms with Gasteiger partial charge in [-0.2, -0.15) is 4.98 Å². The SMILES string of the molecule is COc1ccc(CC(=O)NCc2nc(-c3cccc(Br)c3)no2)cc1C. The van der Waals surface area contributed by atoms with Gasteiger partial charge in [-0.1, -0.05) is 45.4 Å². The predicted octanol–water partition coefficient (Wildman–Crippen LogP) is 3.68. The van der Waals surface area contributed by atoms with Crippen molar-refractivity contribution in [2.45, 2.75) is 19.9 Å². The van der Waals surface area contributed by atoms with Crippen LogP contribution in [-0.4, -0.2) is 23.2 Å². The number of aryl methyl sites for hydroxylation is 1. The highest BCUT2D eigenvalue weighted by atomic mass is 79.9. The van der Waals surface area contributed by atoms with E-state index in [0.29, 0.717) is 11.7 Å². The molecule has 1 heterocycles. The molecule has 1 N–H and O–H groups in total. The lowest BCUT2D eigenvalue weighted by atomic mass is 10.1. The predicted molar refractivity (Wildman–Crippen MR) is 101 cm³/mol. The molecule has 1 aromatic heterocycles. The summed E-state index contributed by atoms with van der Waals surface area (Å²) in [6.45, 7) is 2.14. The molecule has 0 spiro atoms. The van der Waals surface area contributed by atoms with Crippen LogP contribution in [0.1, 0.15) is 17.0 Å². The molecule has 7 heteroatoms. The Morgan fingerprint density at radius 3 is 2.85 bits per heavy atom. The third kappa shape index (κ3) is 4.49. The normalized spacial score (nSPS) is 10.6. The van der Waals surface area contributed by atoms with E-state index in [1.807, 2.05) is 49.4 Å². The van der Waals surface area contributed by atoms with Crippen LogP contribution in [0, 0.1) is 6.92 Å². The smallest absolute Gasteiger partial charge is 0.246 e. The average molecular weight is 416 g/mol. The first-order chi connectivity index (χ1) is 12.5. The third-order valence-corrected chi connectivity index (χ3v) is 4.30. The topological polar surface area (TPSA) is 77.2 Å². The van der Waals surface area contributed by atoms with Crippen LogP contribution in [-0.2, 0) is 17.8 Å². The number of carbonyl (C=O) groups is 1. The van der Waals surface area contributed by atoms with E-state index in [1.54, 1.807) is 7.11 Å². The summed E-state index contributed by atoms with van der Waals surface area (Å²) in [6, 6.07) is 13.3. The van der Waals surface area contributed by atoms with Crippen LogP contribution < -0.4 is 10.1 Å². The highest BCUT2D eigenvalue weighted by Crippen LogP contribution is 2.20. The Morgan fingerprint density at radius 2 is 2.12 bits per heavy atom. The van der Waals surface area contributed by atoms with Gasteiger partial charge in [-0.15, -0.1) is 0 Å². The van der Waals surface area contributed by atoms with Gasteiger partial charge in [0.25, 0.3) is 0 Å². The van der Waals surface area contributed by atoms with Gasteiger partial charge in [-0.3, -0.25) is 4.79 Å². The van der Waals surface area contributed by atoms with Crippen molar-refractivity contribution in [1.29, 1.82) is 0 Å². The fourth-order valence-corrected chi connectivity index (χ4v) is 2.94. The zero-order valence-electron chi connectivity index (χ0n) is 14.5. The van der Waals surface area contributed by atoms with Crippen molar-refractivity contribution in [3.8, 4) is 17.1 Å². The van der Waals surface area contributed by atoms with Gasteiger partial charge in [0.2, 0.25) is 17.6 Å². The molecule has 0 atom stereocenters. The number of aromatic nitrogens is 2. The lowest BCUT2D eigenvalue weighted by molar-refractivity contribution is -0.120. The quantitative estimate of drug-likeness (QED) is 0.664. The number of ether oxygens (including phenoxy) is 1. The van der Waals surface area contributed by atoms with Crippen LogP contribution in [0.5, 0.6) is 5.75 Å². The number of nitrogens with zero attached hydrogens (tertiary/aromatic N) is 2. The van der Waals surface area contributed by atoms with Gasteiger partial charge in [0, 0.05) is 10.0 Å².